The fourth-order valence-corrected chi connectivity index (χ4v) is 12.4. The molecule has 5 aliphatic carbocycles. The van der Waals surface area contributed by atoms with Crippen LogP contribution in [0.2, 0.25) is 0 Å². The van der Waals surface area contributed by atoms with Crippen molar-refractivity contribution in [3.8, 4) is 0 Å². The molecule has 6 aliphatic rings. The molecule has 0 radical (unpaired) electrons. The molecule has 0 amide bonds. The SMILES string of the molecule is C[C@H]1CC[C@]2(C(=O)O[C@@H]3O[C@H](CO)[C@@H](O)[C@H](O)[C@H]3O)CC[C@]3(C)C(=CC[C@@H]4[C@@]5(C)C[C@@H](O)[C@@H](O)[C@](C)(CO)[C@@H]5CC[C@]43C)[C@@H]2[C@]1(C)O. The quantitative estimate of drug-likeness (QED) is 0.160. The van der Waals surface area contributed by atoms with E-state index in [0.717, 1.165) is 18.4 Å². The molecule has 0 spiro atoms. The van der Waals surface area contributed by atoms with Crippen molar-refractivity contribution in [3.05, 3.63) is 11.6 Å². The van der Waals surface area contributed by atoms with Crippen LogP contribution in [0.15, 0.2) is 11.6 Å². The molecule has 1 heterocycles. The molecule has 0 bridgehead atoms. The molecular weight excluding hydrogens is 608 g/mol. The van der Waals surface area contributed by atoms with Gasteiger partial charge < -0.3 is 50.3 Å². The summed E-state index contributed by atoms with van der Waals surface area (Å²) >= 11 is 0. The highest BCUT2D eigenvalue weighted by atomic mass is 16.7. The average molecular weight is 667 g/mol. The fourth-order valence-electron chi connectivity index (χ4n) is 12.4. The lowest BCUT2D eigenvalue weighted by atomic mass is 9.33. The lowest BCUT2D eigenvalue weighted by molar-refractivity contribution is -0.299. The maximum Gasteiger partial charge on any atom is 0.315 e. The zero-order valence-corrected chi connectivity index (χ0v) is 28.8. The van der Waals surface area contributed by atoms with E-state index < -0.39 is 83.3 Å². The predicted octanol–water partition coefficient (Wildman–Crippen LogP) is 1.41. The first kappa shape index (κ1) is 35.7. The average Bonchev–Trinajstić information content (AvgIpc) is 3.02. The number of aliphatic hydroxyl groups is 8. The van der Waals surface area contributed by atoms with Crippen molar-refractivity contribution in [1.82, 2.24) is 0 Å². The number of carbonyl (C=O) groups is 1. The van der Waals surface area contributed by atoms with E-state index in [1.165, 1.54) is 0 Å². The highest BCUT2D eigenvalue weighted by molar-refractivity contribution is 5.79. The molecule has 47 heavy (non-hydrogen) atoms. The smallest absolute Gasteiger partial charge is 0.315 e. The van der Waals surface area contributed by atoms with Crippen LogP contribution >= 0.6 is 0 Å². The molecule has 0 unspecified atom stereocenters. The van der Waals surface area contributed by atoms with E-state index in [1.54, 1.807) is 0 Å². The monoisotopic (exact) mass is 666 g/mol. The van der Waals surface area contributed by atoms with Crippen molar-refractivity contribution in [2.75, 3.05) is 13.2 Å². The molecule has 17 atom stereocenters. The summed E-state index contributed by atoms with van der Waals surface area (Å²) in [7, 11) is 0. The number of hydrogen-bond acceptors (Lipinski definition) is 11. The summed E-state index contributed by atoms with van der Waals surface area (Å²) in [5, 5.41) is 86.2. The van der Waals surface area contributed by atoms with Crippen LogP contribution in [-0.2, 0) is 14.3 Å². The Morgan fingerprint density at radius 2 is 1.60 bits per heavy atom. The third-order valence-electron chi connectivity index (χ3n) is 15.6. The normalized spacial score (nSPS) is 57.5. The summed E-state index contributed by atoms with van der Waals surface area (Å²) in [4.78, 5) is 14.5. The zero-order chi connectivity index (χ0) is 34.7. The molecule has 0 aromatic heterocycles. The Kier molecular flexibility index (Phi) is 8.68. The number of fused-ring (bicyclic) bond motifs is 7. The molecule has 1 saturated heterocycles. The summed E-state index contributed by atoms with van der Waals surface area (Å²) in [6.45, 7) is 11.6. The largest absolute Gasteiger partial charge is 0.432 e. The van der Waals surface area contributed by atoms with E-state index in [9.17, 15) is 45.6 Å². The van der Waals surface area contributed by atoms with Gasteiger partial charge in [0.25, 0.3) is 0 Å². The molecule has 0 aromatic rings. The van der Waals surface area contributed by atoms with Crippen LogP contribution in [0.3, 0.4) is 0 Å². The highest BCUT2D eigenvalue weighted by Crippen LogP contribution is 2.76. The number of carbonyl (C=O) groups excluding carboxylic acids is 1. The molecule has 6 rings (SSSR count). The van der Waals surface area contributed by atoms with E-state index >= 15 is 0 Å². The summed E-state index contributed by atoms with van der Waals surface area (Å²) in [6.07, 6.45) is -2.75. The van der Waals surface area contributed by atoms with Crippen LogP contribution in [0.4, 0.5) is 0 Å². The third-order valence-corrected chi connectivity index (χ3v) is 15.6. The topological polar surface area (TPSA) is 197 Å². The second-order valence-electron chi connectivity index (χ2n) is 17.5. The van der Waals surface area contributed by atoms with Crippen molar-refractivity contribution in [2.45, 2.75) is 141 Å². The van der Waals surface area contributed by atoms with Crippen molar-refractivity contribution < 1.29 is 55.1 Å². The minimum atomic E-state index is -1.72. The van der Waals surface area contributed by atoms with Gasteiger partial charge in [0.05, 0.1) is 36.4 Å². The Labute approximate surface area is 278 Å². The van der Waals surface area contributed by atoms with Gasteiger partial charge >= 0.3 is 5.97 Å². The Morgan fingerprint density at radius 3 is 2.23 bits per heavy atom. The van der Waals surface area contributed by atoms with Crippen molar-refractivity contribution in [1.29, 1.82) is 0 Å². The number of hydrogen-bond donors (Lipinski definition) is 8. The lowest BCUT2D eigenvalue weighted by Gasteiger charge is -2.72. The van der Waals surface area contributed by atoms with Gasteiger partial charge in [-0.3, -0.25) is 4.79 Å². The molecular formula is C36H58O11. The lowest BCUT2D eigenvalue weighted by Crippen LogP contribution is -2.69. The van der Waals surface area contributed by atoms with Gasteiger partial charge in [-0.15, -0.1) is 0 Å². The number of esters is 1. The van der Waals surface area contributed by atoms with Crippen molar-refractivity contribution in [2.24, 2.45) is 50.7 Å². The molecule has 268 valence electrons. The predicted molar refractivity (Wildman–Crippen MR) is 169 cm³/mol. The number of aliphatic hydroxyl groups excluding tert-OH is 7. The van der Waals surface area contributed by atoms with Crippen LogP contribution in [0.1, 0.15) is 92.9 Å². The molecule has 1 aliphatic heterocycles. The standard InChI is InChI=1S/C36H58O11/c1-18-9-12-36(30(44)47-29-26(42)25(41)24(40)21(16-37)46-29)14-13-33(4)19(27(36)35(18,6)45)7-8-23-31(2)15-20(39)28(43)32(3,17-38)22(31)10-11-34(23,33)5/h7,18,20-29,37-43,45H,8-17H2,1-6H3/t18-,20+,21+,22+,23+,24+,25-,26+,27+,28+,29-,31-,32+,33+,34+,35+,36-/m0/s1. The number of rotatable bonds is 4. The minimum Gasteiger partial charge on any atom is -0.432 e. The second-order valence-corrected chi connectivity index (χ2v) is 17.5. The molecule has 11 nitrogen and oxygen atoms in total. The van der Waals surface area contributed by atoms with Gasteiger partial charge in [-0.25, -0.2) is 0 Å². The maximum absolute atomic E-state index is 14.5. The third kappa shape index (κ3) is 4.60. The van der Waals surface area contributed by atoms with Crippen molar-refractivity contribution >= 4 is 5.97 Å². The van der Waals surface area contributed by atoms with E-state index in [1.807, 2.05) is 20.8 Å². The Morgan fingerprint density at radius 1 is 0.915 bits per heavy atom. The van der Waals surface area contributed by atoms with Crippen LogP contribution in [0.5, 0.6) is 0 Å². The van der Waals surface area contributed by atoms with E-state index in [4.69, 9.17) is 9.47 Å². The zero-order valence-electron chi connectivity index (χ0n) is 28.8. The highest BCUT2D eigenvalue weighted by Gasteiger charge is 2.72. The van der Waals surface area contributed by atoms with Crippen LogP contribution in [-0.4, -0.2) is 109 Å². The summed E-state index contributed by atoms with van der Waals surface area (Å²) in [5.41, 5.74) is -3.27. The van der Waals surface area contributed by atoms with Crippen molar-refractivity contribution in [3.63, 3.8) is 0 Å². The molecule has 4 saturated carbocycles. The Hall–Kier alpha value is -1.15. The van der Waals surface area contributed by atoms with Gasteiger partial charge in [0.1, 0.15) is 24.4 Å². The second kappa shape index (κ2) is 11.4. The Bertz CT molecular complexity index is 1270. The fraction of sp³-hybridized carbons (Fsp3) is 0.917. The maximum atomic E-state index is 14.5. The minimum absolute atomic E-state index is 0.00373. The summed E-state index contributed by atoms with van der Waals surface area (Å²) < 4.78 is 11.4. The first-order valence-electron chi connectivity index (χ1n) is 17.7. The number of ether oxygens (including phenoxy) is 2. The first-order chi connectivity index (χ1) is 21.8. The van der Waals surface area contributed by atoms with Crippen LogP contribution < -0.4 is 0 Å². The van der Waals surface area contributed by atoms with Crippen LogP contribution in [0, 0.1) is 50.7 Å². The van der Waals surface area contributed by atoms with E-state index in [2.05, 4.69) is 26.8 Å². The molecule has 5 fully saturated rings. The molecule has 0 aromatic carbocycles. The Balaban J connectivity index is 1.40. The summed E-state index contributed by atoms with van der Waals surface area (Å²) in [5.74, 6) is -1.23. The van der Waals surface area contributed by atoms with Gasteiger partial charge in [0, 0.05) is 11.3 Å². The van der Waals surface area contributed by atoms with E-state index in [0.29, 0.717) is 38.5 Å². The van der Waals surface area contributed by atoms with Gasteiger partial charge in [-0.05, 0) is 92.3 Å². The van der Waals surface area contributed by atoms with Crippen LogP contribution in [0.25, 0.3) is 0 Å². The van der Waals surface area contributed by atoms with Gasteiger partial charge in [-0.1, -0.05) is 46.3 Å². The van der Waals surface area contributed by atoms with Gasteiger partial charge in [0.2, 0.25) is 6.29 Å². The number of allylic oxidation sites excluding steroid dienone is 1. The van der Waals surface area contributed by atoms with Gasteiger partial charge in [0.15, 0.2) is 0 Å². The molecule has 8 N–H and O–H groups in total. The van der Waals surface area contributed by atoms with Gasteiger partial charge in [-0.2, -0.15) is 0 Å². The van der Waals surface area contributed by atoms with E-state index in [-0.39, 0.29) is 35.2 Å². The molecule has 11 heteroatoms. The summed E-state index contributed by atoms with van der Waals surface area (Å²) in [6, 6.07) is 0. The first-order valence-corrected chi connectivity index (χ1v) is 17.7.